The van der Waals surface area contributed by atoms with E-state index in [2.05, 4.69) is 20.8 Å². The summed E-state index contributed by atoms with van der Waals surface area (Å²) in [6.07, 6.45) is 12.0. The van der Waals surface area contributed by atoms with E-state index in [-0.39, 0.29) is 0 Å². The van der Waals surface area contributed by atoms with Crippen molar-refractivity contribution in [1.29, 1.82) is 0 Å². The van der Waals surface area contributed by atoms with Gasteiger partial charge in [0.15, 0.2) is 0 Å². The third-order valence-electron chi connectivity index (χ3n) is 3.65. The summed E-state index contributed by atoms with van der Waals surface area (Å²) in [5.41, 5.74) is 0. The average molecular weight is 316 g/mol. The van der Waals surface area contributed by atoms with Crippen molar-refractivity contribution < 1.29 is 19.8 Å². The molecule has 132 valence electrons. The summed E-state index contributed by atoms with van der Waals surface area (Å²) in [6.45, 7) is 6.46. The summed E-state index contributed by atoms with van der Waals surface area (Å²) in [6, 6.07) is 0. The number of hydrogen-bond acceptors (Lipinski definition) is 2. The molecule has 0 aliphatic rings. The minimum absolute atomic E-state index is 0.324. The predicted octanol–water partition coefficient (Wildman–Crippen LogP) is 5.50. The Balaban J connectivity index is 0. The monoisotopic (exact) mass is 316 g/mol. The molecule has 0 rings (SSSR count). The van der Waals surface area contributed by atoms with Crippen LogP contribution in [0.5, 0.6) is 0 Å². The van der Waals surface area contributed by atoms with Crippen molar-refractivity contribution >= 4 is 11.9 Å². The second kappa shape index (κ2) is 18.0. The molecule has 0 radical (unpaired) electrons. The summed E-state index contributed by atoms with van der Waals surface area (Å²) < 4.78 is 0. The van der Waals surface area contributed by atoms with E-state index in [1.165, 1.54) is 44.9 Å². The molecular weight excluding hydrogens is 280 g/mol. The number of unbranched alkanes of at least 4 members (excludes halogenated alkanes) is 6. The molecule has 0 aromatic rings. The quantitative estimate of drug-likeness (QED) is 0.440. The molecule has 0 saturated carbocycles. The number of carboxylic acids is 2. The van der Waals surface area contributed by atoms with Crippen molar-refractivity contribution in [3.05, 3.63) is 0 Å². The van der Waals surface area contributed by atoms with Gasteiger partial charge in [-0.15, -0.1) is 0 Å². The Morgan fingerprint density at radius 1 is 0.727 bits per heavy atom. The Hall–Kier alpha value is -1.06. The second-order valence-electron chi connectivity index (χ2n) is 6.09. The zero-order valence-corrected chi connectivity index (χ0v) is 14.8. The van der Waals surface area contributed by atoms with Crippen molar-refractivity contribution in [3.63, 3.8) is 0 Å². The normalized spacial score (nSPS) is 11.4. The first kappa shape index (κ1) is 23.2. The second-order valence-corrected chi connectivity index (χ2v) is 6.09. The van der Waals surface area contributed by atoms with Crippen molar-refractivity contribution in [3.8, 4) is 0 Å². The van der Waals surface area contributed by atoms with Crippen molar-refractivity contribution in [2.75, 3.05) is 0 Å². The third-order valence-corrected chi connectivity index (χ3v) is 3.65. The molecule has 0 bridgehead atoms. The summed E-state index contributed by atoms with van der Waals surface area (Å²) in [5, 5.41) is 16.7. The maximum absolute atomic E-state index is 10.2. The minimum Gasteiger partial charge on any atom is -0.481 e. The van der Waals surface area contributed by atoms with Gasteiger partial charge in [0.05, 0.1) is 0 Å². The van der Waals surface area contributed by atoms with Gasteiger partial charge in [0.25, 0.3) is 0 Å². The lowest BCUT2D eigenvalue weighted by Crippen LogP contribution is -2.00. The van der Waals surface area contributed by atoms with Crippen LogP contribution < -0.4 is 0 Å². The highest BCUT2D eigenvalue weighted by atomic mass is 16.4. The Morgan fingerprint density at radius 2 is 1.23 bits per heavy atom. The van der Waals surface area contributed by atoms with Crippen LogP contribution in [-0.4, -0.2) is 22.2 Å². The lowest BCUT2D eigenvalue weighted by atomic mass is 9.99. The fourth-order valence-electron chi connectivity index (χ4n) is 2.12. The lowest BCUT2D eigenvalue weighted by Gasteiger charge is -2.07. The van der Waals surface area contributed by atoms with Gasteiger partial charge in [-0.2, -0.15) is 0 Å². The van der Waals surface area contributed by atoms with Gasteiger partial charge in [0.2, 0.25) is 0 Å². The molecule has 22 heavy (non-hydrogen) atoms. The molecule has 0 spiro atoms. The van der Waals surface area contributed by atoms with Crippen LogP contribution in [0, 0.1) is 5.92 Å². The first-order valence-electron chi connectivity index (χ1n) is 8.87. The Kier molecular flexibility index (Phi) is 19.0. The Bertz CT molecular complexity index is 264. The molecule has 0 aromatic carbocycles. The summed E-state index contributed by atoms with van der Waals surface area (Å²) in [4.78, 5) is 20.3. The predicted molar refractivity (Wildman–Crippen MR) is 91.2 cm³/mol. The van der Waals surface area contributed by atoms with Gasteiger partial charge < -0.3 is 10.2 Å². The molecular formula is C18H36O4. The van der Waals surface area contributed by atoms with Crippen LogP contribution in [0.2, 0.25) is 0 Å². The number of carboxylic acid groups (broad SMARTS) is 2. The first-order chi connectivity index (χ1) is 10.4. The summed E-state index contributed by atoms with van der Waals surface area (Å²) in [5.74, 6) is -0.764. The fourth-order valence-corrected chi connectivity index (χ4v) is 2.12. The van der Waals surface area contributed by atoms with E-state index < -0.39 is 11.9 Å². The summed E-state index contributed by atoms with van der Waals surface area (Å²) >= 11 is 0. The maximum Gasteiger partial charge on any atom is 0.303 e. The standard InChI is InChI=1S/2C9H18O2/c1-3-4-5-8(2)6-7-9(10)11;1-2-3-4-5-6-7-8-9(10)11/h8H,3-7H2,1-2H3,(H,10,11);2-8H2,1H3,(H,10,11). The number of rotatable bonds is 13. The van der Waals surface area contributed by atoms with E-state index in [0.717, 1.165) is 19.3 Å². The molecule has 2 N–H and O–H groups in total. The van der Waals surface area contributed by atoms with Gasteiger partial charge in [0.1, 0.15) is 0 Å². The highest BCUT2D eigenvalue weighted by molar-refractivity contribution is 5.66. The van der Waals surface area contributed by atoms with E-state index in [1.54, 1.807) is 0 Å². The highest BCUT2D eigenvalue weighted by Crippen LogP contribution is 2.13. The molecule has 0 amide bonds. The van der Waals surface area contributed by atoms with E-state index in [4.69, 9.17) is 10.2 Å². The largest absolute Gasteiger partial charge is 0.481 e. The van der Waals surface area contributed by atoms with E-state index in [1.807, 2.05) is 0 Å². The van der Waals surface area contributed by atoms with Gasteiger partial charge in [-0.05, 0) is 18.8 Å². The van der Waals surface area contributed by atoms with Crippen LogP contribution in [0.15, 0.2) is 0 Å². The van der Waals surface area contributed by atoms with Gasteiger partial charge >= 0.3 is 11.9 Å². The molecule has 0 aromatic heterocycles. The van der Waals surface area contributed by atoms with E-state index >= 15 is 0 Å². The van der Waals surface area contributed by atoms with Crippen LogP contribution in [0.1, 0.15) is 97.8 Å². The van der Waals surface area contributed by atoms with Crippen LogP contribution >= 0.6 is 0 Å². The lowest BCUT2D eigenvalue weighted by molar-refractivity contribution is -0.138. The molecule has 0 fully saturated rings. The molecule has 0 aliphatic carbocycles. The van der Waals surface area contributed by atoms with Crippen LogP contribution in [-0.2, 0) is 9.59 Å². The van der Waals surface area contributed by atoms with Crippen LogP contribution in [0.25, 0.3) is 0 Å². The van der Waals surface area contributed by atoms with Crippen molar-refractivity contribution in [2.24, 2.45) is 5.92 Å². The molecule has 0 aliphatic heterocycles. The number of carbonyl (C=O) groups is 2. The topological polar surface area (TPSA) is 74.6 Å². The molecule has 1 unspecified atom stereocenters. The fraction of sp³-hybridized carbons (Fsp3) is 0.889. The van der Waals surface area contributed by atoms with Gasteiger partial charge in [-0.3, -0.25) is 9.59 Å². The molecule has 4 nitrogen and oxygen atoms in total. The van der Waals surface area contributed by atoms with Gasteiger partial charge in [-0.1, -0.05) is 72.1 Å². The van der Waals surface area contributed by atoms with E-state index in [0.29, 0.717) is 18.8 Å². The van der Waals surface area contributed by atoms with Crippen LogP contribution in [0.3, 0.4) is 0 Å². The highest BCUT2D eigenvalue weighted by Gasteiger charge is 2.03. The SMILES string of the molecule is CCCCC(C)CCC(=O)O.CCCCCCCCC(=O)O. The molecule has 4 heteroatoms. The average Bonchev–Trinajstić information content (AvgIpc) is 2.47. The van der Waals surface area contributed by atoms with Crippen LogP contribution in [0.4, 0.5) is 0 Å². The van der Waals surface area contributed by atoms with E-state index in [9.17, 15) is 9.59 Å². The molecule has 0 saturated heterocycles. The third kappa shape index (κ3) is 24.0. The summed E-state index contributed by atoms with van der Waals surface area (Å²) in [7, 11) is 0. The van der Waals surface area contributed by atoms with Crippen molar-refractivity contribution in [2.45, 2.75) is 97.8 Å². The zero-order valence-electron chi connectivity index (χ0n) is 14.8. The van der Waals surface area contributed by atoms with Gasteiger partial charge in [-0.25, -0.2) is 0 Å². The van der Waals surface area contributed by atoms with Crippen molar-refractivity contribution in [1.82, 2.24) is 0 Å². The van der Waals surface area contributed by atoms with Gasteiger partial charge in [0, 0.05) is 12.8 Å². The number of hydrogen-bond donors (Lipinski definition) is 2. The Morgan fingerprint density at radius 3 is 1.73 bits per heavy atom. The minimum atomic E-state index is -0.673. The number of aliphatic carboxylic acids is 2. The molecule has 1 atom stereocenters. The maximum atomic E-state index is 10.2. The molecule has 0 heterocycles. The smallest absolute Gasteiger partial charge is 0.303 e. The first-order valence-corrected chi connectivity index (χ1v) is 8.87. The Labute approximate surface area is 136 Å². The zero-order chi connectivity index (χ0) is 17.2.